The second-order valence-electron chi connectivity index (χ2n) is 8.87. The molecule has 1 aliphatic heterocycles. The van der Waals surface area contributed by atoms with Crippen molar-refractivity contribution in [1.82, 2.24) is 20.4 Å². The summed E-state index contributed by atoms with van der Waals surface area (Å²) in [4.78, 5) is 15.1. The van der Waals surface area contributed by atoms with Crippen molar-refractivity contribution in [2.24, 2.45) is 5.92 Å². The zero-order chi connectivity index (χ0) is 21.6. The van der Waals surface area contributed by atoms with Crippen molar-refractivity contribution in [3.8, 4) is 11.1 Å². The minimum absolute atomic E-state index is 0.00637. The number of hydrogen-bond acceptors (Lipinski definition) is 3. The Balaban J connectivity index is 1.27. The number of carbonyl (C=O) groups excluding carboxylic acids is 1. The minimum Gasteiger partial charge on any atom is -0.352 e. The van der Waals surface area contributed by atoms with Crippen molar-refractivity contribution in [1.29, 1.82) is 0 Å². The number of benzene rings is 2. The molecule has 0 spiro atoms. The van der Waals surface area contributed by atoms with E-state index in [1.807, 2.05) is 42.5 Å². The minimum atomic E-state index is 0.00637. The molecule has 1 aromatic heterocycles. The summed E-state index contributed by atoms with van der Waals surface area (Å²) in [6, 6.07) is 20.3. The highest BCUT2D eigenvalue weighted by molar-refractivity contribution is 5.94. The molecule has 162 valence electrons. The Kier molecular flexibility index (Phi) is 6.82. The molecule has 4 rings (SSSR count). The van der Waals surface area contributed by atoms with Crippen molar-refractivity contribution in [2.45, 2.75) is 39.2 Å². The molecule has 1 aliphatic rings. The van der Waals surface area contributed by atoms with Gasteiger partial charge in [0.15, 0.2) is 0 Å². The Bertz CT molecular complexity index is 978. The van der Waals surface area contributed by atoms with Crippen LogP contribution < -0.4 is 5.32 Å². The molecule has 2 N–H and O–H groups in total. The van der Waals surface area contributed by atoms with Crippen LogP contribution in [0.25, 0.3) is 11.1 Å². The highest BCUT2D eigenvalue weighted by Crippen LogP contribution is 2.21. The molecule has 5 nitrogen and oxygen atoms in total. The number of likely N-dealkylation sites (tertiary alicyclic amines) is 1. The van der Waals surface area contributed by atoms with Crippen molar-refractivity contribution < 1.29 is 4.79 Å². The lowest BCUT2D eigenvalue weighted by molar-refractivity contribution is 0.0930. The lowest BCUT2D eigenvalue weighted by Gasteiger charge is -2.32. The van der Waals surface area contributed by atoms with E-state index in [9.17, 15) is 4.79 Å². The Morgan fingerprint density at radius 3 is 2.58 bits per heavy atom. The summed E-state index contributed by atoms with van der Waals surface area (Å²) < 4.78 is 0. The predicted molar refractivity (Wildman–Crippen MR) is 125 cm³/mol. The summed E-state index contributed by atoms with van der Waals surface area (Å²) in [6.07, 6.45) is 2.32. The molecular weight excluding hydrogens is 384 g/mol. The van der Waals surface area contributed by atoms with Gasteiger partial charge < -0.3 is 5.32 Å². The average molecular weight is 417 g/mol. The molecule has 31 heavy (non-hydrogen) atoms. The van der Waals surface area contributed by atoms with Gasteiger partial charge in [0.25, 0.3) is 5.91 Å². The number of aromatic amines is 1. The molecule has 5 heteroatoms. The van der Waals surface area contributed by atoms with Gasteiger partial charge in [-0.2, -0.15) is 5.10 Å². The van der Waals surface area contributed by atoms with Crippen LogP contribution in [0, 0.1) is 5.92 Å². The molecule has 1 fully saturated rings. The second kappa shape index (κ2) is 9.92. The second-order valence-corrected chi connectivity index (χ2v) is 8.87. The SMILES string of the molecule is CC(C)c1cc(CN2CCCC(CNC(=O)c3ccc(-c4ccccc4)cc3)C2)[nH]n1. The van der Waals surface area contributed by atoms with Gasteiger partial charge >= 0.3 is 0 Å². The van der Waals surface area contributed by atoms with Gasteiger partial charge in [-0.15, -0.1) is 0 Å². The van der Waals surface area contributed by atoms with Crippen molar-refractivity contribution in [3.63, 3.8) is 0 Å². The highest BCUT2D eigenvalue weighted by Gasteiger charge is 2.21. The van der Waals surface area contributed by atoms with Crippen LogP contribution in [0.4, 0.5) is 0 Å². The van der Waals surface area contributed by atoms with E-state index >= 15 is 0 Å². The number of nitrogens with one attached hydrogen (secondary N) is 2. The molecule has 0 bridgehead atoms. The van der Waals surface area contributed by atoms with Gasteiger partial charge in [-0.25, -0.2) is 0 Å². The molecule has 2 heterocycles. The van der Waals surface area contributed by atoms with E-state index in [2.05, 4.69) is 52.5 Å². The number of aromatic nitrogens is 2. The van der Waals surface area contributed by atoms with E-state index in [-0.39, 0.29) is 5.91 Å². The first-order valence-electron chi connectivity index (χ1n) is 11.3. The fourth-order valence-corrected chi connectivity index (χ4v) is 4.24. The molecule has 1 unspecified atom stereocenters. The Labute approximate surface area is 184 Å². The van der Waals surface area contributed by atoms with Crippen molar-refractivity contribution in [2.75, 3.05) is 19.6 Å². The monoisotopic (exact) mass is 416 g/mol. The maximum absolute atomic E-state index is 12.6. The number of hydrogen-bond donors (Lipinski definition) is 2. The molecule has 0 aliphatic carbocycles. The maximum Gasteiger partial charge on any atom is 0.251 e. The van der Waals surface area contributed by atoms with Gasteiger partial charge in [-0.05, 0) is 60.5 Å². The molecule has 0 saturated carbocycles. The number of rotatable bonds is 7. The van der Waals surface area contributed by atoms with E-state index in [0.717, 1.165) is 55.8 Å². The normalized spacial score (nSPS) is 17.1. The summed E-state index contributed by atoms with van der Waals surface area (Å²) in [7, 11) is 0. The molecule has 2 aromatic carbocycles. The topological polar surface area (TPSA) is 61.0 Å². The van der Waals surface area contributed by atoms with Crippen LogP contribution in [0.5, 0.6) is 0 Å². The standard InChI is InChI=1S/C26H32N4O/c1-19(2)25-15-24(28-29-25)18-30-14-6-7-20(17-30)16-27-26(31)23-12-10-22(11-13-23)21-8-4-3-5-9-21/h3-5,8-13,15,19-20H,6-7,14,16-18H2,1-2H3,(H,27,31)(H,28,29). The number of H-pyrrole nitrogens is 1. The Hall–Kier alpha value is -2.92. The van der Waals surface area contributed by atoms with Crippen LogP contribution in [0.2, 0.25) is 0 Å². The quantitative estimate of drug-likeness (QED) is 0.579. The zero-order valence-electron chi connectivity index (χ0n) is 18.5. The van der Waals surface area contributed by atoms with Gasteiger partial charge in [0.2, 0.25) is 0 Å². The van der Waals surface area contributed by atoms with Crippen LogP contribution in [0.1, 0.15) is 54.4 Å². The fourth-order valence-electron chi connectivity index (χ4n) is 4.24. The molecule has 0 radical (unpaired) electrons. The first kappa shape index (κ1) is 21.3. The van der Waals surface area contributed by atoms with E-state index in [4.69, 9.17) is 0 Å². The summed E-state index contributed by atoms with van der Waals surface area (Å²) in [5.41, 5.74) is 5.29. The first-order valence-corrected chi connectivity index (χ1v) is 11.3. The lowest BCUT2D eigenvalue weighted by atomic mass is 9.97. The third-order valence-corrected chi connectivity index (χ3v) is 6.04. The lowest BCUT2D eigenvalue weighted by Crippen LogP contribution is -2.40. The average Bonchev–Trinajstić information content (AvgIpc) is 3.27. The largest absolute Gasteiger partial charge is 0.352 e. The van der Waals surface area contributed by atoms with Gasteiger partial charge in [0.1, 0.15) is 0 Å². The zero-order valence-corrected chi connectivity index (χ0v) is 18.5. The summed E-state index contributed by atoms with van der Waals surface area (Å²) in [5.74, 6) is 0.928. The summed E-state index contributed by atoms with van der Waals surface area (Å²) in [5, 5.41) is 10.7. The maximum atomic E-state index is 12.6. The number of piperidine rings is 1. The van der Waals surface area contributed by atoms with Crippen molar-refractivity contribution in [3.05, 3.63) is 77.6 Å². The van der Waals surface area contributed by atoms with Crippen LogP contribution in [-0.4, -0.2) is 40.6 Å². The fraction of sp³-hybridized carbons (Fsp3) is 0.385. The van der Waals surface area contributed by atoms with Crippen molar-refractivity contribution >= 4 is 5.91 Å². The number of carbonyl (C=O) groups is 1. The van der Waals surface area contributed by atoms with E-state index in [1.165, 1.54) is 5.69 Å². The van der Waals surface area contributed by atoms with Gasteiger partial charge in [0.05, 0.1) is 5.69 Å². The van der Waals surface area contributed by atoms with Crippen LogP contribution in [-0.2, 0) is 6.54 Å². The Morgan fingerprint density at radius 2 is 1.87 bits per heavy atom. The van der Waals surface area contributed by atoms with Gasteiger partial charge in [-0.3, -0.25) is 14.8 Å². The third kappa shape index (κ3) is 5.61. The van der Waals surface area contributed by atoms with E-state index < -0.39 is 0 Å². The third-order valence-electron chi connectivity index (χ3n) is 6.04. The smallest absolute Gasteiger partial charge is 0.251 e. The number of nitrogens with zero attached hydrogens (tertiary/aromatic N) is 2. The summed E-state index contributed by atoms with van der Waals surface area (Å²) in [6.45, 7) is 8.04. The van der Waals surface area contributed by atoms with Gasteiger partial charge in [0, 0.05) is 30.9 Å². The highest BCUT2D eigenvalue weighted by atomic mass is 16.1. The molecular formula is C26H32N4O. The van der Waals surface area contributed by atoms with E-state index in [0.29, 0.717) is 17.4 Å². The van der Waals surface area contributed by atoms with Crippen LogP contribution in [0.3, 0.4) is 0 Å². The number of amides is 1. The molecule has 1 saturated heterocycles. The van der Waals surface area contributed by atoms with Gasteiger partial charge in [-0.1, -0.05) is 56.3 Å². The van der Waals surface area contributed by atoms with Crippen LogP contribution in [0.15, 0.2) is 60.7 Å². The predicted octanol–water partition coefficient (Wildman–Crippen LogP) is 4.84. The first-order chi connectivity index (χ1) is 15.1. The van der Waals surface area contributed by atoms with E-state index in [1.54, 1.807) is 0 Å². The molecule has 3 aromatic rings. The molecule has 1 amide bonds. The molecule has 1 atom stereocenters. The van der Waals surface area contributed by atoms with Crippen LogP contribution >= 0.6 is 0 Å². The Morgan fingerprint density at radius 1 is 1.13 bits per heavy atom. The summed E-state index contributed by atoms with van der Waals surface area (Å²) >= 11 is 0.